The number of carbonyl (C=O) groups is 1. The van der Waals surface area contributed by atoms with Gasteiger partial charge in [-0.05, 0) is 61.6 Å². The zero-order valence-corrected chi connectivity index (χ0v) is 14.1. The molecule has 0 atom stereocenters. The molecule has 0 bridgehead atoms. The van der Waals surface area contributed by atoms with Gasteiger partial charge in [-0.1, -0.05) is 12.1 Å². The predicted molar refractivity (Wildman–Crippen MR) is 94.9 cm³/mol. The van der Waals surface area contributed by atoms with E-state index in [-0.39, 0.29) is 5.56 Å². The van der Waals surface area contributed by atoms with Gasteiger partial charge in [0.2, 0.25) is 0 Å². The van der Waals surface area contributed by atoms with Gasteiger partial charge in [-0.3, -0.25) is 4.79 Å². The molecule has 1 fully saturated rings. The number of nitrogens with one attached hydrogen (secondary N) is 1. The fourth-order valence-corrected chi connectivity index (χ4v) is 3.09. The summed E-state index contributed by atoms with van der Waals surface area (Å²) in [5.41, 5.74) is 2.50. The fraction of sp³-hybridized carbons (Fsp3) is 0.350. The van der Waals surface area contributed by atoms with Crippen LogP contribution in [-0.2, 0) is 6.42 Å². The van der Waals surface area contributed by atoms with Gasteiger partial charge >= 0.3 is 0 Å². The van der Waals surface area contributed by atoms with E-state index in [0.29, 0.717) is 13.0 Å². The second-order valence-electron chi connectivity index (χ2n) is 6.35. The maximum Gasteiger partial charge on any atom is 0.251 e. The molecule has 132 valence electrons. The highest BCUT2D eigenvalue weighted by Crippen LogP contribution is 2.20. The second-order valence-corrected chi connectivity index (χ2v) is 6.35. The Balaban J connectivity index is 1.49. The molecule has 0 spiro atoms. The summed E-state index contributed by atoms with van der Waals surface area (Å²) >= 11 is 0. The SMILES string of the molecule is O=C(NCCc1ccc(N2CCCCC2)cc1)c1ccc(F)c(F)c1. The van der Waals surface area contributed by atoms with Crippen LogP contribution in [0, 0.1) is 11.6 Å². The van der Waals surface area contributed by atoms with Crippen molar-refractivity contribution in [1.82, 2.24) is 5.32 Å². The number of halogens is 2. The third-order valence-electron chi connectivity index (χ3n) is 4.54. The van der Waals surface area contributed by atoms with Crippen molar-refractivity contribution in [2.75, 3.05) is 24.5 Å². The van der Waals surface area contributed by atoms with Crippen LogP contribution in [0.3, 0.4) is 0 Å². The Morgan fingerprint density at radius 2 is 1.68 bits per heavy atom. The minimum Gasteiger partial charge on any atom is -0.372 e. The number of amides is 1. The first-order valence-electron chi connectivity index (χ1n) is 8.70. The van der Waals surface area contributed by atoms with Crippen LogP contribution < -0.4 is 10.2 Å². The molecular weight excluding hydrogens is 322 g/mol. The van der Waals surface area contributed by atoms with Crippen molar-refractivity contribution in [3.05, 3.63) is 65.2 Å². The Kier molecular flexibility index (Phi) is 5.64. The molecule has 1 heterocycles. The number of hydrogen-bond donors (Lipinski definition) is 1. The van der Waals surface area contributed by atoms with Gasteiger partial charge < -0.3 is 10.2 Å². The molecule has 2 aromatic rings. The van der Waals surface area contributed by atoms with E-state index in [9.17, 15) is 13.6 Å². The van der Waals surface area contributed by atoms with E-state index < -0.39 is 17.5 Å². The van der Waals surface area contributed by atoms with Gasteiger partial charge in [-0.15, -0.1) is 0 Å². The summed E-state index contributed by atoms with van der Waals surface area (Å²) in [5, 5.41) is 2.73. The average Bonchev–Trinajstić information content (AvgIpc) is 2.65. The smallest absolute Gasteiger partial charge is 0.251 e. The number of anilines is 1. The molecule has 0 unspecified atom stereocenters. The van der Waals surface area contributed by atoms with Crippen LogP contribution in [-0.4, -0.2) is 25.5 Å². The number of hydrogen-bond acceptors (Lipinski definition) is 2. The summed E-state index contributed by atoms with van der Waals surface area (Å²) in [6.45, 7) is 2.67. The zero-order valence-electron chi connectivity index (χ0n) is 14.1. The second kappa shape index (κ2) is 8.10. The van der Waals surface area contributed by atoms with Gasteiger partial charge in [0, 0.05) is 30.9 Å². The minimum atomic E-state index is -1.01. The van der Waals surface area contributed by atoms with Crippen molar-refractivity contribution in [2.45, 2.75) is 25.7 Å². The van der Waals surface area contributed by atoms with Crippen LogP contribution in [0.2, 0.25) is 0 Å². The molecule has 1 amide bonds. The zero-order chi connectivity index (χ0) is 17.6. The average molecular weight is 344 g/mol. The molecule has 3 rings (SSSR count). The topological polar surface area (TPSA) is 32.3 Å². The Hall–Kier alpha value is -2.43. The lowest BCUT2D eigenvalue weighted by Gasteiger charge is -2.28. The molecule has 25 heavy (non-hydrogen) atoms. The third-order valence-corrected chi connectivity index (χ3v) is 4.54. The standard InChI is InChI=1S/C20H22F2N2O/c21-18-9-6-16(14-19(18)22)20(25)23-11-10-15-4-7-17(8-5-15)24-12-2-1-3-13-24/h4-9,14H,1-3,10-13H2,(H,23,25). The Morgan fingerprint density at radius 1 is 0.960 bits per heavy atom. The van der Waals surface area contributed by atoms with E-state index in [0.717, 1.165) is 30.8 Å². The van der Waals surface area contributed by atoms with Crippen molar-refractivity contribution >= 4 is 11.6 Å². The lowest BCUT2D eigenvalue weighted by Crippen LogP contribution is -2.29. The van der Waals surface area contributed by atoms with Gasteiger partial charge in [0.15, 0.2) is 11.6 Å². The van der Waals surface area contributed by atoms with Crippen LogP contribution in [0.25, 0.3) is 0 Å². The van der Waals surface area contributed by atoms with E-state index in [4.69, 9.17) is 0 Å². The van der Waals surface area contributed by atoms with Gasteiger partial charge in [-0.2, -0.15) is 0 Å². The summed E-state index contributed by atoms with van der Waals surface area (Å²) in [5.74, 6) is -2.37. The Morgan fingerprint density at radius 3 is 2.36 bits per heavy atom. The lowest BCUT2D eigenvalue weighted by molar-refractivity contribution is 0.0953. The molecule has 1 saturated heterocycles. The normalized spacial score (nSPS) is 14.4. The molecule has 0 saturated carbocycles. The van der Waals surface area contributed by atoms with E-state index in [2.05, 4.69) is 34.5 Å². The number of rotatable bonds is 5. The number of nitrogens with zero attached hydrogens (tertiary/aromatic N) is 1. The quantitative estimate of drug-likeness (QED) is 0.891. The highest BCUT2D eigenvalue weighted by molar-refractivity contribution is 5.94. The van der Waals surface area contributed by atoms with E-state index in [1.807, 2.05) is 0 Å². The maximum atomic E-state index is 13.2. The Labute approximate surface area is 146 Å². The van der Waals surface area contributed by atoms with Crippen LogP contribution in [0.5, 0.6) is 0 Å². The molecule has 1 N–H and O–H groups in total. The molecule has 2 aromatic carbocycles. The first-order valence-corrected chi connectivity index (χ1v) is 8.70. The molecule has 1 aliphatic rings. The summed E-state index contributed by atoms with van der Waals surface area (Å²) in [6, 6.07) is 11.6. The summed E-state index contributed by atoms with van der Waals surface area (Å²) in [6.07, 6.45) is 4.50. The molecule has 0 radical (unpaired) electrons. The van der Waals surface area contributed by atoms with Gasteiger partial charge in [0.1, 0.15) is 0 Å². The number of carbonyl (C=O) groups excluding carboxylic acids is 1. The lowest BCUT2D eigenvalue weighted by atomic mass is 10.1. The summed E-state index contributed by atoms with van der Waals surface area (Å²) in [4.78, 5) is 14.4. The monoisotopic (exact) mass is 344 g/mol. The molecule has 3 nitrogen and oxygen atoms in total. The van der Waals surface area contributed by atoms with Crippen LogP contribution in [0.15, 0.2) is 42.5 Å². The van der Waals surface area contributed by atoms with Crippen LogP contribution in [0.1, 0.15) is 35.2 Å². The highest BCUT2D eigenvalue weighted by atomic mass is 19.2. The van der Waals surface area contributed by atoms with E-state index in [1.165, 1.54) is 31.0 Å². The van der Waals surface area contributed by atoms with Crippen LogP contribution in [0.4, 0.5) is 14.5 Å². The Bertz CT molecular complexity index is 725. The molecule has 5 heteroatoms. The van der Waals surface area contributed by atoms with Crippen molar-refractivity contribution in [1.29, 1.82) is 0 Å². The van der Waals surface area contributed by atoms with Crippen molar-refractivity contribution in [2.24, 2.45) is 0 Å². The largest absolute Gasteiger partial charge is 0.372 e. The van der Waals surface area contributed by atoms with Gasteiger partial charge in [0.05, 0.1) is 0 Å². The predicted octanol–water partition coefficient (Wildman–Crippen LogP) is 3.93. The minimum absolute atomic E-state index is 0.124. The first-order chi connectivity index (χ1) is 12.1. The molecular formula is C20H22F2N2O. The molecule has 0 aromatic heterocycles. The van der Waals surface area contributed by atoms with Gasteiger partial charge in [-0.25, -0.2) is 8.78 Å². The van der Waals surface area contributed by atoms with E-state index >= 15 is 0 Å². The summed E-state index contributed by atoms with van der Waals surface area (Å²) in [7, 11) is 0. The third kappa shape index (κ3) is 4.56. The first kappa shape index (κ1) is 17.4. The van der Waals surface area contributed by atoms with Gasteiger partial charge in [0.25, 0.3) is 5.91 Å². The van der Waals surface area contributed by atoms with Crippen molar-refractivity contribution < 1.29 is 13.6 Å². The number of benzene rings is 2. The highest BCUT2D eigenvalue weighted by Gasteiger charge is 2.11. The van der Waals surface area contributed by atoms with Crippen molar-refractivity contribution in [3.8, 4) is 0 Å². The summed E-state index contributed by atoms with van der Waals surface area (Å²) < 4.78 is 26.1. The fourth-order valence-electron chi connectivity index (χ4n) is 3.09. The van der Waals surface area contributed by atoms with Crippen molar-refractivity contribution in [3.63, 3.8) is 0 Å². The van der Waals surface area contributed by atoms with Crippen LogP contribution >= 0.6 is 0 Å². The molecule has 1 aliphatic heterocycles. The number of piperidine rings is 1. The maximum absolute atomic E-state index is 13.2. The molecule has 0 aliphatic carbocycles. The van der Waals surface area contributed by atoms with E-state index in [1.54, 1.807) is 0 Å².